The van der Waals surface area contributed by atoms with E-state index in [0.29, 0.717) is 10.9 Å². The molecule has 146 valence electrons. The summed E-state index contributed by atoms with van der Waals surface area (Å²) in [5, 5.41) is 2.46. The van der Waals surface area contributed by atoms with Crippen molar-refractivity contribution in [2.24, 2.45) is 5.92 Å². The molecular weight excluding hydrogens is 424 g/mol. The first-order valence-corrected chi connectivity index (χ1v) is 10.4. The Morgan fingerprint density at radius 3 is 2.38 bits per heavy atom. The van der Waals surface area contributed by atoms with E-state index < -0.39 is 33.7 Å². The molecule has 0 aromatic heterocycles. The van der Waals surface area contributed by atoms with Gasteiger partial charge in [0.1, 0.15) is 11.6 Å². The van der Waals surface area contributed by atoms with E-state index in [1.807, 2.05) is 11.6 Å². The average Bonchev–Trinajstić information content (AvgIpc) is 2.49. The highest BCUT2D eigenvalue weighted by atomic mass is 79.9. The van der Waals surface area contributed by atoms with Gasteiger partial charge in [-0.15, -0.1) is 0 Å². The van der Waals surface area contributed by atoms with Gasteiger partial charge in [0.2, 0.25) is 0 Å². The van der Waals surface area contributed by atoms with Crippen LogP contribution in [0.15, 0.2) is 33.6 Å². The van der Waals surface area contributed by atoms with Crippen LogP contribution in [0, 0.1) is 5.92 Å². The largest absolute Gasteiger partial charge is 0.444 e. The monoisotopic (exact) mass is 448 g/mol. The van der Waals surface area contributed by atoms with Gasteiger partial charge in [-0.3, -0.25) is 4.79 Å². The predicted octanol–water partition coefficient (Wildman–Crippen LogP) is 3.19. The van der Waals surface area contributed by atoms with Gasteiger partial charge < -0.3 is 10.1 Å². The van der Waals surface area contributed by atoms with E-state index in [1.165, 1.54) is 12.1 Å². The molecule has 2 amide bonds. The Bertz CT molecular complexity index is 759. The minimum absolute atomic E-state index is 0.0552. The number of benzene rings is 1. The number of carbonyl (C=O) groups is 2. The summed E-state index contributed by atoms with van der Waals surface area (Å²) in [5.74, 6) is -1.11. The van der Waals surface area contributed by atoms with Crippen LogP contribution < -0.4 is 10.0 Å². The summed E-state index contributed by atoms with van der Waals surface area (Å²) in [7, 11) is -4.06. The summed E-state index contributed by atoms with van der Waals surface area (Å²) < 4.78 is 32.6. The van der Waals surface area contributed by atoms with Crippen LogP contribution in [0.1, 0.15) is 41.0 Å². The van der Waals surface area contributed by atoms with E-state index in [-0.39, 0.29) is 10.8 Å². The van der Waals surface area contributed by atoms with E-state index in [1.54, 1.807) is 39.8 Å². The normalized spacial score (nSPS) is 14.2. The lowest BCUT2D eigenvalue weighted by Gasteiger charge is -2.26. The summed E-state index contributed by atoms with van der Waals surface area (Å²) in [6, 6.07) is 4.94. The molecule has 0 saturated carbocycles. The summed E-state index contributed by atoms with van der Waals surface area (Å²) in [5.41, 5.74) is -0.733. The molecule has 0 saturated heterocycles. The van der Waals surface area contributed by atoms with Gasteiger partial charge in [-0.1, -0.05) is 42.3 Å². The Morgan fingerprint density at radius 2 is 1.88 bits per heavy atom. The molecule has 7 nitrogen and oxygen atoms in total. The number of ether oxygens (including phenoxy) is 1. The van der Waals surface area contributed by atoms with Crippen molar-refractivity contribution in [3.63, 3.8) is 0 Å². The number of rotatable bonds is 6. The number of carbonyl (C=O) groups excluding carboxylic acids is 2. The second-order valence-electron chi connectivity index (χ2n) is 6.94. The molecule has 1 aromatic rings. The predicted molar refractivity (Wildman–Crippen MR) is 102 cm³/mol. The standard InChI is InChI=1S/C17H25BrN2O5S/c1-6-11(2)14(19-16(22)25-17(3,4)5)15(21)20-26(23,24)13-9-7-8-12(18)10-13/h7-11,14H,6H2,1-5H3,(H,19,22)(H,20,21)/t11-,14-/m0/s1. The average molecular weight is 449 g/mol. The number of hydrogen-bond donors (Lipinski definition) is 2. The first-order valence-electron chi connectivity index (χ1n) is 8.17. The van der Waals surface area contributed by atoms with Crippen molar-refractivity contribution in [2.75, 3.05) is 0 Å². The quantitative estimate of drug-likeness (QED) is 0.695. The van der Waals surface area contributed by atoms with Crippen LogP contribution in [0.25, 0.3) is 0 Å². The number of alkyl carbamates (subject to hydrolysis) is 1. The Morgan fingerprint density at radius 1 is 1.27 bits per heavy atom. The lowest BCUT2D eigenvalue weighted by Crippen LogP contribution is -2.52. The highest BCUT2D eigenvalue weighted by molar-refractivity contribution is 9.10. The molecule has 1 aromatic carbocycles. The molecule has 0 aliphatic rings. The fourth-order valence-corrected chi connectivity index (χ4v) is 3.63. The minimum atomic E-state index is -4.06. The summed E-state index contributed by atoms with van der Waals surface area (Å²) in [6.45, 7) is 8.67. The second kappa shape index (κ2) is 8.85. The van der Waals surface area contributed by atoms with Crippen molar-refractivity contribution < 1.29 is 22.7 Å². The molecule has 0 bridgehead atoms. The zero-order chi connectivity index (χ0) is 20.1. The Balaban J connectivity index is 2.97. The van der Waals surface area contributed by atoms with Crippen molar-refractivity contribution in [1.82, 2.24) is 10.0 Å². The van der Waals surface area contributed by atoms with Gasteiger partial charge in [0, 0.05) is 4.47 Å². The van der Waals surface area contributed by atoms with Crippen molar-refractivity contribution in [1.29, 1.82) is 0 Å². The third kappa shape index (κ3) is 6.95. The van der Waals surface area contributed by atoms with Gasteiger partial charge in [0.15, 0.2) is 0 Å². The van der Waals surface area contributed by atoms with Crippen molar-refractivity contribution in [2.45, 2.75) is 57.6 Å². The SMILES string of the molecule is CC[C@H](C)[C@H](NC(=O)OC(C)(C)C)C(=O)NS(=O)(=O)c1cccc(Br)c1. The number of hydrogen-bond acceptors (Lipinski definition) is 5. The van der Waals surface area contributed by atoms with Crippen LogP contribution in [0.3, 0.4) is 0 Å². The molecule has 1 rings (SSSR count). The Hall–Kier alpha value is -1.61. The molecule has 0 radical (unpaired) electrons. The Labute approximate surface area is 163 Å². The molecule has 2 N–H and O–H groups in total. The molecule has 9 heteroatoms. The first-order chi connectivity index (χ1) is 11.9. The fraction of sp³-hybridized carbons (Fsp3) is 0.529. The molecule has 2 atom stereocenters. The topological polar surface area (TPSA) is 102 Å². The second-order valence-corrected chi connectivity index (χ2v) is 9.53. The van der Waals surface area contributed by atoms with Crippen molar-refractivity contribution >= 4 is 38.0 Å². The fourth-order valence-electron chi connectivity index (χ4n) is 2.03. The lowest BCUT2D eigenvalue weighted by molar-refractivity contribution is -0.122. The molecule has 26 heavy (non-hydrogen) atoms. The smallest absolute Gasteiger partial charge is 0.408 e. The Kier molecular flexibility index (Phi) is 7.64. The van der Waals surface area contributed by atoms with Gasteiger partial charge in [-0.05, 0) is 44.9 Å². The van der Waals surface area contributed by atoms with E-state index in [9.17, 15) is 18.0 Å². The van der Waals surface area contributed by atoms with Gasteiger partial charge >= 0.3 is 6.09 Å². The zero-order valence-electron chi connectivity index (χ0n) is 15.5. The van der Waals surface area contributed by atoms with E-state index in [4.69, 9.17) is 4.74 Å². The van der Waals surface area contributed by atoms with Crippen LogP contribution in [-0.2, 0) is 19.6 Å². The maximum absolute atomic E-state index is 12.5. The van der Waals surface area contributed by atoms with Gasteiger partial charge in [-0.2, -0.15) is 0 Å². The minimum Gasteiger partial charge on any atom is -0.444 e. The summed E-state index contributed by atoms with van der Waals surface area (Å²) >= 11 is 3.19. The van der Waals surface area contributed by atoms with Crippen molar-refractivity contribution in [3.8, 4) is 0 Å². The summed E-state index contributed by atoms with van der Waals surface area (Å²) in [4.78, 5) is 24.5. The summed E-state index contributed by atoms with van der Waals surface area (Å²) in [6.07, 6.45) is -0.219. The molecule has 0 aliphatic heterocycles. The maximum atomic E-state index is 12.5. The van der Waals surface area contributed by atoms with Crippen LogP contribution >= 0.6 is 15.9 Å². The third-order valence-electron chi connectivity index (χ3n) is 3.51. The molecule has 0 spiro atoms. The van der Waals surface area contributed by atoms with E-state index in [0.717, 1.165) is 0 Å². The van der Waals surface area contributed by atoms with Crippen LogP contribution in [0.5, 0.6) is 0 Å². The number of halogens is 1. The zero-order valence-corrected chi connectivity index (χ0v) is 17.9. The van der Waals surface area contributed by atoms with Crippen LogP contribution in [-0.4, -0.2) is 32.1 Å². The molecule has 0 heterocycles. The van der Waals surface area contributed by atoms with E-state index >= 15 is 0 Å². The first kappa shape index (κ1) is 22.4. The number of nitrogens with one attached hydrogen (secondary N) is 2. The van der Waals surface area contributed by atoms with Gasteiger partial charge in [-0.25, -0.2) is 17.9 Å². The third-order valence-corrected chi connectivity index (χ3v) is 5.35. The number of amides is 2. The van der Waals surface area contributed by atoms with E-state index in [2.05, 4.69) is 21.2 Å². The molecule has 0 fully saturated rings. The van der Waals surface area contributed by atoms with Crippen molar-refractivity contribution in [3.05, 3.63) is 28.7 Å². The molecular formula is C17H25BrN2O5S. The highest BCUT2D eigenvalue weighted by Crippen LogP contribution is 2.17. The lowest BCUT2D eigenvalue weighted by atomic mass is 9.99. The van der Waals surface area contributed by atoms with Gasteiger partial charge in [0.25, 0.3) is 15.9 Å². The maximum Gasteiger partial charge on any atom is 0.408 e. The van der Waals surface area contributed by atoms with Gasteiger partial charge in [0.05, 0.1) is 4.90 Å². The molecule has 0 aliphatic carbocycles. The molecule has 0 unspecified atom stereocenters. The number of sulfonamides is 1. The van der Waals surface area contributed by atoms with Crippen LogP contribution in [0.4, 0.5) is 4.79 Å². The van der Waals surface area contributed by atoms with Crippen LogP contribution in [0.2, 0.25) is 0 Å². The highest BCUT2D eigenvalue weighted by Gasteiger charge is 2.31.